The largest absolute Gasteiger partial charge is 0.493 e. The van der Waals surface area contributed by atoms with Gasteiger partial charge in [0.15, 0.2) is 18.1 Å². The maximum Gasteiger partial charge on any atom is 0.266 e. The first-order chi connectivity index (χ1) is 17.2. The van der Waals surface area contributed by atoms with Gasteiger partial charge >= 0.3 is 0 Å². The van der Waals surface area contributed by atoms with E-state index in [0.29, 0.717) is 37.2 Å². The summed E-state index contributed by atoms with van der Waals surface area (Å²) >= 11 is 15.4. The van der Waals surface area contributed by atoms with Crippen LogP contribution in [0.1, 0.15) is 11.1 Å². The van der Waals surface area contributed by atoms with Crippen molar-refractivity contribution in [1.82, 2.24) is 0 Å². The van der Waals surface area contributed by atoms with Crippen LogP contribution >= 0.6 is 39.1 Å². The van der Waals surface area contributed by atoms with Crippen molar-refractivity contribution in [1.29, 1.82) is 5.26 Å². The molecule has 0 saturated heterocycles. The van der Waals surface area contributed by atoms with Gasteiger partial charge in [0.25, 0.3) is 11.8 Å². The Hall–Kier alpha value is -3.51. The lowest BCUT2D eigenvalue weighted by Gasteiger charge is -2.14. The molecule has 3 aromatic carbocycles. The Morgan fingerprint density at radius 2 is 1.83 bits per heavy atom. The number of nitrogens with zero attached hydrogens (tertiary/aromatic N) is 1. The SMILES string of the molecule is COc1cc(/C=C(/C#N)C(=O)Nc2cccc(Cl)c2)cc(Br)c1OCC(=O)Nc1ccc(C)c(Cl)c1. The van der Waals surface area contributed by atoms with Crippen LogP contribution in [0, 0.1) is 18.3 Å². The number of carbonyl (C=O) groups excluding carboxylic acids is 2. The molecule has 10 heteroatoms. The molecular weight excluding hydrogens is 569 g/mol. The Labute approximate surface area is 226 Å². The second-order valence-electron chi connectivity index (χ2n) is 7.47. The number of amides is 2. The highest BCUT2D eigenvalue weighted by molar-refractivity contribution is 9.10. The Kier molecular flexibility index (Phi) is 9.37. The van der Waals surface area contributed by atoms with Crippen LogP contribution in [0.5, 0.6) is 11.5 Å². The second-order valence-corrected chi connectivity index (χ2v) is 9.17. The minimum absolute atomic E-state index is 0.131. The zero-order chi connectivity index (χ0) is 26.2. The minimum atomic E-state index is -0.594. The van der Waals surface area contributed by atoms with Crippen LogP contribution in [0.3, 0.4) is 0 Å². The predicted octanol–water partition coefficient (Wildman–Crippen LogP) is 6.64. The molecule has 0 heterocycles. The molecule has 0 radical (unpaired) electrons. The normalized spacial score (nSPS) is 10.8. The second kappa shape index (κ2) is 12.5. The fourth-order valence-electron chi connectivity index (χ4n) is 3.05. The zero-order valence-electron chi connectivity index (χ0n) is 19.2. The summed E-state index contributed by atoms with van der Waals surface area (Å²) in [4.78, 5) is 24.9. The van der Waals surface area contributed by atoms with Crippen LogP contribution in [-0.2, 0) is 9.59 Å². The fourth-order valence-corrected chi connectivity index (χ4v) is 3.99. The first-order valence-corrected chi connectivity index (χ1v) is 12.0. The van der Waals surface area contributed by atoms with Gasteiger partial charge in [-0.3, -0.25) is 9.59 Å². The van der Waals surface area contributed by atoms with Crippen LogP contribution in [0.4, 0.5) is 11.4 Å². The van der Waals surface area contributed by atoms with Gasteiger partial charge in [-0.05, 0) is 82.5 Å². The van der Waals surface area contributed by atoms with Crippen molar-refractivity contribution in [3.8, 4) is 17.6 Å². The number of nitrogens with one attached hydrogen (secondary N) is 2. The molecule has 0 fully saturated rings. The first kappa shape index (κ1) is 27.1. The predicted molar refractivity (Wildman–Crippen MR) is 145 cm³/mol. The quantitative estimate of drug-likeness (QED) is 0.227. The highest BCUT2D eigenvalue weighted by atomic mass is 79.9. The molecule has 0 spiro atoms. The molecule has 184 valence electrons. The third-order valence-electron chi connectivity index (χ3n) is 4.81. The van der Waals surface area contributed by atoms with Crippen LogP contribution in [0.2, 0.25) is 10.0 Å². The maximum atomic E-state index is 12.6. The van der Waals surface area contributed by atoms with Crippen molar-refractivity contribution >= 4 is 68.4 Å². The summed E-state index contributed by atoms with van der Waals surface area (Å²) in [5.74, 6) is -0.400. The number of methoxy groups -OCH3 is 1. The summed E-state index contributed by atoms with van der Waals surface area (Å²) in [7, 11) is 1.44. The molecule has 2 amide bonds. The Morgan fingerprint density at radius 3 is 2.50 bits per heavy atom. The Morgan fingerprint density at radius 1 is 1.08 bits per heavy atom. The number of halogens is 3. The van der Waals surface area contributed by atoms with Crippen molar-refractivity contribution in [2.75, 3.05) is 24.4 Å². The van der Waals surface area contributed by atoms with E-state index in [1.807, 2.05) is 13.0 Å². The van der Waals surface area contributed by atoms with E-state index in [1.165, 1.54) is 13.2 Å². The number of carbonyl (C=O) groups is 2. The highest BCUT2D eigenvalue weighted by Gasteiger charge is 2.16. The Bertz CT molecular complexity index is 1390. The molecule has 3 aromatic rings. The van der Waals surface area contributed by atoms with E-state index in [4.69, 9.17) is 32.7 Å². The lowest BCUT2D eigenvalue weighted by molar-refractivity contribution is -0.118. The van der Waals surface area contributed by atoms with Gasteiger partial charge in [0, 0.05) is 21.4 Å². The molecule has 0 saturated carbocycles. The van der Waals surface area contributed by atoms with Gasteiger partial charge in [-0.25, -0.2) is 0 Å². The van der Waals surface area contributed by atoms with Gasteiger partial charge in [0.2, 0.25) is 0 Å². The summed E-state index contributed by atoms with van der Waals surface area (Å²) in [6.07, 6.45) is 1.41. The van der Waals surface area contributed by atoms with E-state index in [2.05, 4.69) is 26.6 Å². The summed E-state index contributed by atoms with van der Waals surface area (Å²) in [5, 5.41) is 15.9. The van der Waals surface area contributed by atoms with Gasteiger partial charge in [0.1, 0.15) is 11.6 Å². The molecule has 2 N–H and O–H groups in total. The standard InChI is InChI=1S/C26H20BrCl2N3O4/c1-15-6-7-20(12-22(15)29)31-24(33)14-36-25-21(27)9-16(10-23(25)35-2)8-17(13-30)26(34)32-19-5-3-4-18(28)11-19/h3-12H,14H2,1-2H3,(H,31,33)(H,32,34)/b17-8-. The lowest BCUT2D eigenvalue weighted by Crippen LogP contribution is -2.20. The van der Waals surface area contributed by atoms with Gasteiger partial charge in [-0.2, -0.15) is 5.26 Å². The minimum Gasteiger partial charge on any atom is -0.493 e. The third-order valence-corrected chi connectivity index (χ3v) is 6.04. The van der Waals surface area contributed by atoms with Crippen molar-refractivity contribution < 1.29 is 19.1 Å². The number of benzene rings is 3. The van der Waals surface area contributed by atoms with Crippen molar-refractivity contribution in [3.05, 3.63) is 85.8 Å². The van der Waals surface area contributed by atoms with Crippen molar-refractivity contribution in [2.24, 2.45) is 0 Å². The van der Waals surface area contributed by atoms with Crippen molar-refractivity contribution in [3.63, 3.8) is 0 Å². The molecule has 36 heavy (non-hydrogen) atoms. The number of aryl methyl sites for hydroxylation is 1. The average Bonchev–Trinajstić information content (AvgIpc) is 2.83. The van der Waals surface area contributed by atoms with E-state index in [9.17, 15) is 14.9 Å². The molecule has 3 rings (SSSR count). The number of hydrogen-bond donors (Lipinski definition) is 2. The number of anilines is 2. The summed E-state index contributed by atoms with van der Waals surface area (Å²) in [5.41, 5.74) is 2.28. The third kappa shape index (κ3) is 7.25. The fraction of sp³-hybridized carbons (Fsp3) is 0.115. The van der Waals surface area contributed by atoms with E-state index in [-0.39, 0.29) is 17.9 Å². The number of ether oxygens (including phenoxy) is 2. The summed E-state index contributed by atoms with van der Waals surface area (Å²) in [6.45, 7) is 1.58. The van der Waals surface area contributed by atoms with Gasteiger partial charge in [-0.1, -0.05) is 35.3 Å². The summed E-state index contributed by atoms with van der Waals surface area (Å²) in [6, 6.07) is 16.9. The lowest BCUT2D eigenvalue weighted by atomic mass is 10.1. The molecule has 7 nitrogen and oxygen atoms in total. The molecule has 0 unspecified atom stereocenters. The molecule has 0 aliphatic heterocycles. The van der Waals surface area contributed by atoms with Gasteiger partial charge < -0.3 is 20.1 Å². The molecule has 0 aliphatic carbocycles. The number of hydrogen-bond acceptors (Lipinski definition) is 5. The highest BCUT2D eigenvalue weighted by Crippen LogP contribution is 2.37. The maximum absolute atomic E-state index is 12.6. The monoisotopic (exact) mass is 587 g/mol. The molecule has 0 aromatic heterocycles. The van der Waals surface area contributed by atoms with Crippen LogP contribution in [-0.4, -0.2) is 25.5 Å². The first-order valence-electron chi connectivity index (χ1n) is 10.4. The Balaban J connectivity index is 1.73. The molecule has 0 aliphatic rings. The topological polar surface area (TPSA) is 100 Å². The molecule has 0 atom stereocenters. The molecule has 0 bridgehead atoms. The average molecular weight is 589 g/mol. The zero-order valence-corrected chi connectivity index (χ0v) is 22.3. The van der Waals surface area contributed by atoms with E-state index < -0.39 is 11.8 Å². The van der Waals surface area contributed by atoms with E-state index in [1.54, 1.807) is 54.6 Å². The van der Waals surface area contributed by atoms with Crippen LogP contribution in [0.15, 0.2) is 64.6 Å². The number of rotatable bonds is 8. The smallest absolute Gasteiger partial charge is 0.266 e. The van der Waals surface area contributed by atoms with E-state index >= 15 is 0 Å². The van der Waals surface area contributed by atoms with Gasteiger partial charge in [0.05, 0.1) is 11.6 Å². The molecular formula is C26H20BrCl2N3O4. The van der Waals surface area contributed by atoms with Crippen LogP contribution < -0.4 is 20.1 Å². The number of nitriles is 1. The van der Waals surface area contributed by atoms with Gasteiger partial charge in [-0.15, -0.1) is 0 Å². The van der Waals surface area contributed by atoms with Crippen molar-refractivity contribution in [2.45, 2.75) is 6.92 Å². The van der Waals surface area contributed by atoms with Crippen LogP contribution in [0.25, 0.3) is 6.08 Å². The van der Waals surface area contributed by atoms with E-state index in [0.717, 1.165) is 5.56 Å². The summed E-state index contributed by atoms with van der Waals surface area (Å²) < 4.78 is 11.5.